The Balaban J connectivity index is 2.35. The molecule has 0 fully saturated rings. The molecule has 0 aliphatic carbocycles. The van der Waals surface area contributed by atoms with Crippen LogP contribution < -0.4 is 0 Å². The molecule has 0 radical (unpaired) electrons. The molecule has 1 N–H and O–H groups in total. The summed E-state index contributed by atoms with van der Waals surface area (Å²) in [5.41, 5.74) is 0.693. The van der Waals surface area contributed by atoms with Gasteiger partial charge in [0.15, 0.2) is 11.6 Å². The van der Waals surface area contributed by atoms with E-state index < -0.39 is 5.97 Å². The lowest BCUT2D eigenvalue weighted by molar-refractivity contribution is -0.136. The van der Waals surface area contributed by atoms with E-state index in [1.165, 1.54) is 16.8 Å². The lowest BCUT2D eigenvalue weighted by Crippen LogP contribution is -2.02. The fraction of sp³-hybridized carbons (Fsp3) is 0.182. The minimum atomic E-state index is -0.985. The lowest BCUT2D eigenvalue weighted by atomic mass is 10.2. The van der Waals surface area contributed by atoms with Crippen LogP contribution in [0.1, 0.15) is 5.82 Å². The second kappa shape index (κ2) is 4.32. The molecular formula is C11H10FN3O2. The Morgan fingerprint density at radius 3 is 2.65 bits per heavy atom. The zero-order valence-corrected chi connectivity index (χ0v) is 9.09. The topological polar surface area (TPSA) is 68.0 Å². The number of carboxylic acids is 1. The number of aromatic nitrogens is 3. The standard InChI is InChI=1S/C11H10FN3O2/c1-15-11(7-2-4-8(12)5-3-7)13-9(14-15)6-10(16)17/h2-5H,6H2,1H3,(H,16,17). The summed E-state index contributed by atoms with van der Waals surface area (Å²) in [6.45, 7) is 0. The number of carboxylic acid groups (broad SMARTS) is 1. The molecule has 5 nitrogen and oxygen atoms in total. The fourth-order valence-electron chi connectivity index (χ4n) is 1.50. The predicted octanol–water partition coefficient (Wildman–Crippen LogP) is 1.25. The number of hydrogen-bond acceptors (Lipinski definition) is 3. The molecule has 0 spiro atoms. The first kappa shape index (κ1) is 11.3. The smallest absolute Gasteiger partial charge is 0.311 e. The number of aliphatic carboxylic acids is 1. The highest BCUT2D eigenvalue weighted by molar-refractivity contribution is 5.69. The molecule has 1 aromatic carbocycles. The summed E-state index contributed by atoms with van der Waals surface area (Å²) in [6, 6.07) is 5.79. The molecule has 0 unspecified atom stereocenters. The van der Waals surface area contributed by atoms with Crippen LogP contribution in [0.25, 0.3) is 11.4 Å². The third-order valence-electron chi connectivity index (χ3n) is 2.22. The van der Waals surface area contributed by atoms with E-state index in [2.05, 4.69) is 10.1 Å². The SMILES string of the molecule is Cn1nc(CC(=O)O)nc1-c1ccc(F)cc1. The fourth-order valence-corrected chi connectivity index (χ4v) is 1.50. The maximum absolute atomic E-state index is 12.8. The van der Waals surface area contributed by atoms with Crippen LogP contribution in [0.4, 0.5) is 4.39 Å². The van der Waals surface area contributed by atoms with Gasteiger partial charge in [-0.3, -0.25) is 4.79 Å². The molecule has 0 aliphatic rings. The van der Waals surface area contributed by atoms with Crippen molar-refractivity contribution in [3.63, 3.8) is 0 Å². The highest BCUT2D eigenvalue weighted by atomic mass is 19.1. The van der Waals surface area contributed by atoms with E-state index >= 15 is 0 Å². The summed E-state index contributed by atoms with van der Waals surface area (Å²) in [5.74, 6) is -0.566. The minimum absolute atomic E-state index is 0.227. The number of hydrogen-bond donors (Lipinski definition) is 1. The monoisotopic (exact) mass is 235 g/mol. The van der Waals surface area contributed by atoms with Crippen molar-refractivity contribution in [2.45, 2.75) is 6.42 Å². The quantitative estimate of drug-likeness (QED) is 0.869. The van der Waals surface area contributed by atoms with Crippen molar-refractivity contribution >= 4 is 5.97 Å². The van der Waals surface area contributed by atoms with Crippen molar-refractivity contribution in [2.24, 2.45) is 7.05 Å². The molecule has 88 valence electrons. The zero-order chi connectivity index (χ0) is 12.4. The largest absolute Gasteiger partial charge is 0.481 e. The first-order valence-corrected chi connectivity index (χ1v) is 4.94. The number of carbonyl (C=O) groups is 1. The number of rotatable bonds is 3. The Kier molecular flexibility index (Phi) is 2.86. The van der Waals surface area contributed by atoms with Gasteiger partial charge in [0.1, 0.15) is 12.2 Å². The van der Waals surface area contributed by atoms with Crippen LogP contribution in [-0.4, -0.2) is 25.8 Å². The van der Waals surface area contributed by atoms with Gasteiger partial charge in [0.05, 0.1) is 0 Å². The van der Waals surface area contributed by atoms with E-state index in [4.69, 9.17) is 5.11 Å². The Morgan fingerprint density at radius 2 is 2.06 bits per heavy atom. The highest BCUT2D eigenvalue weighted by Crippen LogP contribution is 2.17. The molecular weight excluding hydrogens is 225 g/mol. The van der Waals surface area contributed by atoms with Gasteiger partial charge >= 0.3 is 5.97 Å². The molecule has 2 rings (SSSR count). The van der Waals surface area contributed by atoms with Gasteiger partial charge in [-0.1, -0.05) is 0 Å². The number of halogens is 1. The third kappa shape index (κ3) is 2.47. The Morgan fingerprint density at radius 1 is 1.41 bits per heavy atom. The van der Waals surface area contributed by atoms with Crippen molar-refractivity contribution in [1.82, 2.24) is 14.8 Å². The van der Waals surface area contributed by atoms with Crippen LogP contribution in [0.15, 0.2) is 24.3 Å². The molecule has 0 amide bonds. The molecule has 17 heavy (non-hydrogen) atoms. The van der Waals surface area contributed by atoms with E-state index in [0.717, 1.165) is 0 Å². The Labute approximate surface area is 96.5 Å². The Bertz CT molecular complexity index is 548. The predicted molar refractivity (Wildman–Crippen MR) is 57.7 cm³/mol. The summed E-state index contributed by atoms with van der Waals surface area (Å²) in [6.07, 6.45) is -0.227. The maximum atomic E-state index is 12.8. The van der Waals surface area contributed by atoms with Crippen LogP contribution >= 0.6 is 0 Å². The van der Waals surface area contributed by atoms with Crippen LogP contribution in [0.2, 0.25) is 0 Å². The summed E-state index contributed by atoms with van der Waals surface area (Å²) in [7, 11) is 1.66. The van der Waals surface area contributed by atoms with Crippen LogP contribution in [-0.2, 0) is 18.3 Å². The molecule has 0 aliphatic heterocycles. The molecule has 1 aromatic heterocycles. The van der Waals surface area contributed by atoms with Gasteiger partial charge in [-0.25, -0.2) is 14.1 Å². The van der Waals surface area contributed by atoms with Crippen molar-refractivity contribution < 1.29 is 14.3 Å². The molecule has 0 saturated carbocycles. The average Bonchev–Trinajstić information content (AvgIpc) is 2.59. The van der Waals surface area contributed by atoms with Crippen LogP contribution in [0, 0.1) is 5.82 Å². The van der Waals surface area contributed by atoms with E-state index in [1.807, 2.05) is 0 Å². The van der Waals surface area contributed by atoms with E-state index in [9.17, 15) is 9.18 Å². The first-order valence-electron chi connectivity index (χ1n) is 4.94. The van der Waals surface area contributed by atoms with Crippen molar-refractivity contribution in [3.05, 3.63) is 35.9 Å². The normalized spacial score (nSPS) is 10.5. The van der Waals surface area contributed by atoms with E-state index in [-0.39, 0.29) is 18.1 Å². The summed E-state index contributed by atoms with van der Waals surface area (Å²) >= 11 is 0. The van der Waals surface area contributed by atoms with Gasteiger partial charge in [0, 0.05) is 12.6 Å². The Hall–Kier alpha value is -2.24. The minimum Gasteiger partial charge on any atom is -0.481 e. The summed E-state index contributed by atoms with van der Waals surface area (Å²) in [5, 5.41) is 12.6. The molecule has 2 aromatic rings. The van der Waals surface area contributed by atoms with Gasteiger partial charge in [0.2, 0.25) is 0 Å². The van der Waals surface area contributed by atoms with E-state index in [0.29, 0.717) is 11.4 Å². The summed E-state index contributed by atoms with van der Waals surface area (Å²) < 4.78 is 14.2. The second-order valence-electron chi connectivity index (χ2n) is 3.55. The van der Waals surface area contributed by atoms with Gasteiger partial charge in [0.25, 0.3) is 0 Å². The molecule has 0 atom stereocenters. The average molecular weight is 235 g/mol. The first-order chi connectivity index (χ1) is 8.06. The summed E-state index contributed by atoms with van der Waals surface area (Å²) in [4.78, 5) is 14.6. The van der Waals surface area contributed by atoms with Crippen LogP contribution in [0.5, 0.6) is 0 Å². The molecule has 6 heteroatoms. The number of nitrogens with zero attached hydrogens (tertiary/aromatic N) is 3. The lowest BCUT2D eigenvalue weighted by Gasteiger charge is -1.98. The van der Waals surface area contributed by atoms with E-state index in [1.54, 1.807) is 19.2 Å². The van der Waals surface area contributed by atoms with Crippen molar-refractivity contribution in [3.8, 4) is 11.4 Å². The van der Waals surface area contributed by atoms with Gasteiger partial charge < -0.3 is 5.11 Å². The highest BCUT2D eigenvalue weighted by Gasteiger charge is 2.11. The van der Waals surface area contributed by atoms with Crippen molar-refractivity contribution in [1.29, 1.82) is 0 Å². The second-order valence-corrected chi connectivity index (χ2v) is 3.55. The number of aryl methyl sites for hydroxylation is 1. The molecule has 1 heterocycles. The maximum Gasteiger partial charge on any atom is 0.311 e. The number of benzene rings is 1. The van der Waals surface area contributed by atoms with Gasteiger partial charge in [-0.2, -0.15) is 5.10 Å². The van der Waals surface area contributed by atoms with Gasteiger partial charge in [-0.15, -0.1) is 0 Å². The van der Waals surface area contributed by atoms with Crippen LogP contribution in [0.3, 0.4) is 0 Å². The van der Waals surface area contributed by atoms with Crippen molar-refractivity contribution in [2.75, 3.05) is 0 Å². The third-order valence-corrected chi connectivity index (χ3v) is 2.22. The van der Waals surface area contributed by atoms with Gasteiger partial charge in [-0.05, 0) is 24.3 Å². The zero-order valence-electron chi connectivity index (χ0n) is 9.09. The molecule has 0 saturated heterocycles. The molecule has 0 bridgehead atoms.